The Hall–Kier alpha value is -4.47. The predicted molar refractivity (Wildman–Crippen MR) is 158 cm³/mol. The third-order valence-corrected chi connectivity index (χ3v) is 8.92. The van der Waals surface area contributed by atoms with Crippen molar-refractivity contribution in [2.45, 2.75) is 52.2 Å². The first-order valence-electron chi connectivity index (χ1n) is 14.5. The van der Waals surface area contributed by atoms with Gasteiger partial charge in [0, 0.05) is 56.2 Å². The number of pyridine rings is 1. The lowest BCUT2D eigenvalue weighted by Crippen LogP contribution is -2.40. The van der Waals surface area contributed by atoms with E-state index < -0.39 is 0 Å². The molecule has 5 heterocycles. The molecule has 42 heavy (non-hydrogen) atoms. The molecule has 0 spiro atoms. The summed E-state index contributed by atoms with van der Waals surface area (Å²) in [6, 6.07) is 9.10. The molecule has 0 unspecified atom stereocenters. The molecule has 2 aliphatic heterocycles. The number of aromatic nitrogens is 4. The Morgan fingerprint density at radius 2 is 2.07 bits per heavy atom. The molecule has 1 aromatic carbocycles. The van der Waals surface area contributed by atoms with Crippen LogP contribution in [0.5, 0.6) is 0 Å². The number of aromatic amines is 1. The normalized spacial score (nSPS) is 19.3. The number of likely N-dealkylation sites (tertiary alicyclic amines) is 1. The number of hydrogen-bond acceptors (Lipinski definition) is 5. The maximum atomic E-state index is 15.6. The van der Waals surface area contributed by atoms with Crippen molar-refractivity contribution in [1.29, 1.82) is 0 Å². The third kappa shape index (κ3) is 4.45. The molecule has 3 aromatic heterocycles. The number of hydrogen-bond donors (Lipinski definition) is 2. The molecule has 1 atom stereocenters. The van der Waals surface area contributed by atoms with Gasteiger partial charge in [0.1, 0.15) is 11.5 Å². The second-order valence-corrected chi connectivity index (χ2v) is 12.5. The number of rotatable bonds is 6. The number of halogens is 1. The van der Waals surface area contributed by atoms with Gasteiger partial charge in [0.25, 0.3) is 5.91 Å². The van der Waals surface area contributed by atoms with E-state index in [0.29, 0.717) is 42.2 Å². The number of anilines is 1. The number of benzene rings is 1. The van der Waals surface area contributed by atoms with Crippen molar-refractivity contribution >= 4 is 28.7 Å². The first kappa shape index (κ1) is 26.4. The summed E-state index contributed by atoms with van der Waals surface area (Å²) in [5.74, 6) is 0.134. The van der Waals surface area contributed by atoms with E-state index in [4.69, 9.17) is 0 Å². The number of nitrogens with zero attached hydrogens (tertiary/aromatic N) is 5. The van der Waals surface area contributed by atoms with Crippen molar-refractivity contribution in [2.75, 3.05) is 25.0 Å². The number of amides is 2. The summed E-state index contributed by atoms with van der Waals surface area (Å²) in [5, 5.41) is 11.6. The average Bonchev–Trinajstić information content (AvgIpc) is 3.74. The van der Waals surface area contributed by atoms with Gasteiger partial charge in [0.15, 0.2) is 11.5 Å². The summed E-state index contributed by atoms with van der Waals surface area (Å²) in [6.45, 7) is 10.8. The van der Waals surface area contributed by atoms with Crippen LogP contribution in [0.2, 0.25) is 0 Å². The molecule has 3 aliphatic rings. The van der Waals surface area contributed by atoms with Gasteiger partial charge in [-0.05, 0) is 65.6 Å². The Labute approximate surface area is 243 Å². The smallest absolute Gasteiger partial charge is 0.270 e. The van der Waals surface area contributed by atoms with Crippen molar-refractivity contribution in [3.8, 4) is 11.1 Å². The molecule has 4 aromatic rings. The van der Waals surface area contributed by atoms with Crippen molar-refractivity contribution in [2.24, 2.45) is 5.41 Å². The topological polar surface area (TPSA) is 99.1 Å². The van der Waals surface area contributed by atoms with Gasteiger partial charge in [-0.1, -0.05) is 32.6 Å². The van der Waals surface area contributed by atoms with E-state index in [1.165, 1.54) is 23.4 Å². The van der Waals surface area contributed by atoms with E-state index in [2.05, 4.69) is 45.5 Å². The molecule has 2 amide bonds. The Balaban J connectivity index is 1.11. The molecule has 216 valence electrons. The van der Waals surface area contributed by atoms with E-state index in [9.17, 15) is 9.59 Å². The van der Waals surface area contributed by atoms with Crippen molar-refractivity contribution in [3.63, 3.8) is 0 Å². The van der Waals surface area contributed by atoms with Crippen molar-refractivity contribution in [1.82, 2.24) is 29.5 Å². The van der Waals surface area contributed by atoms with Crippen LogP contribution in [-0.4, -0.2) is 67.0 Å². The van der Waals surface area contributed by atoms with Crippen LogP contribution in [0.15, 0.2) is 49.2 Å². The van der Waals surface area contributed by atoms with Gasteiger partial charge in [-0.25, -0.2) is 9.37 Å². The van der Waals surface area contributed by atoms with Gasteiger partial charge in [-0.2, -0.15) is 5.10 Å². The molecular formula is C32H34FN7O2. The third-order valence-electron chi connectivity index (χ3n) is 8.92. The SMILES string of the molecule is C=CC(=O)N1CC[C@@H](Nc2n[nH]c3nccc(-c4ccc(CN5CCn6c(cc7c6CC(C)(C)C7)C5=O)c(F)c4)c23)C1. The van der Waals surface area contributed by atoms with Crippen LogP contribution < -0.4 is 5.32 Å². The minimum atomic E-state index is -0.358. The van der Waals surface area contributed by atoms with Crippen LogP contribution in [0.4, 0.5) is 10.2 Å². The highest BCUT2D eigenvalue weighted by Gasteiger charge is 2.36. The van der Waals surface area contributed by atoms with E-state index in [1.54, 1.807) is 22.1 Å². The average molecular weight is 568 g/mol. The summed E-state index contributed by atoms with van der Waals surface area (Å²) >= 11 is 0. The Morgan fingerprint density at radius 3 is 2.88 bits per heavy atom. The fourth-order valence-corrected chi connectivity index (χ4v) is 6.85. The highest BCUT2D eigenvalue weighted by atomic mass is 19.1. The summed E-state index contributed by atoms with van der Waals surface area (Å²) in [5.41, 5.74) is 6.07. The largest absolute Gasteiger partial charge is 0.363 e. The minimum absolute atomic E-state index is 0.0309. The Morgan fingerprint density at radius 1 is 1.21 bits per heavy atom. The van der Waals surface area contributed by atoms with E-state index in [1.807, 2.05) is 18.2 Å². The van der Waals surface area contributed by atoms with Gasteiger partial charge in [-0.15, -0.1) is 0 Å². The molecule has 9 nitrogen and oxygen atoms in total. The molecule has 0 saturated carbocycles. The van der Waals surface area contributed by atoms with Gasteiger partial charge >= 0.3 is 0 Å². The number of H-pyrrole nitrogens is 1. The van der Waals surface area contributed by atoms with Crippen molar-refractivity contribution in [3.05, 3.63) is 77.5 Å². The first-order valence-corrected chi connectivity index (χ1v) is 14.5. The molecule has 1 aliphatic carbocycles. The van der Waals surface area contributed by atoms with E-state index in [0.717, 1.165) is 42.5 Å². The quantitative estimate of drug-likeness (QED) is 0.333. The maximum absolute atomic E-state index is 15.6. The molecular weight excluding hydrogens is 533 g/mol. The summed E-state index contributed by atoms with van der Waals surface area (Å²) in [7, 11) is 0. The molecule has 0 bridgehead atoms. The second kappa shape index (κ2) is 9.82. The molecule has 1 fully saturated rings. The zero-order valence-corrected chi connectivity index (χ0v) is 23.9. The minimum Gasteiger partial charge on any atom is -0.363 e. The van der Waals surface area contributed by atoms with E-state index >= 15 is 4.39 Å². The molecule has 0 radical (unpaired) electrons. The van der Waals surface area contributed by atoms with Crippen LogP contribution in [-0.2, 0) is 30.7 Å². The number of nitrogens with one attached hydrogen (secondary N) is 2. The number of carbonyl (C=O) groups is 2. The lowest BCUT2D eigenvalue weighted by atomic mass is 9.90. The van der Waals surface area contributed by atoms with Crippen LogP contribution in [0.3, 0.4) is 0 Å². The Bertz CT molecular complexity index is 1750. The lowest BCUT2D eigenvalue weighted by Gasteiger charge is -2.30. The first-order chi connectivity index (χ1) is 20.2. The van der Waals surface area contributed by atoms with Crippen LogP contribution in [0.25, 0.3) is 22.2 Å². The molecule has 1 saturated heterocycles. The predicted octanol–water partition coefficient (Wildman–Crippen LogP) is 4.55. The highest BCUT2D eigenvalue weighted by Crippen LogP contribution is 2.39. The highest BCUT2D eigenvalue weighted by molar-refractivity contribution is 6.00. The Kier molecular flexibility index (Phi) is 6.18. The second-order valence-electron chi connectivity index (χ2n) is 12.5. The van der Waals surface area contributed by atoms with Gasteiger partial charge < -0.3 is 19.7 Å². The zero-order valence-electron chi connectivity index (χ0n) is 23.9. The zero-order chi connectivity index (χ0) is 29.2. The number of fused-ring (bicyclic) bond motifs is 4. The van der Waals surface area contributed by atoms with Crippen molar-refractivity contribution < 1.29 is 14.0 Å². The molecule has 10 heteroatoms. The maximum Gasteiger partial charge on any atom is 0.270 e. The van der Waals surface area contributed by atoms with Gasteiger partial charge in [0.05, 0.1) is 5.39 Å². The summed E-state index contributed by atoms with van der Waals surface area (Å²) < 4.78 is 17.8. The lowest BCUT2D eigenvalue weighted by molar-refractivity contribution is -0.125. The van der Waals surface area contributed by atoms with E-state index in [-0.39, 0.29) is 35.6 Å². The molecule has 2 N–H and O–H groups in total. The van der Waals surface area contributed by atoms with Crippen LogP contribution in [0, 0.1) is 11.2 Å². The van der Waals surface area contributed by atoms with Gasteiger partial charge in [0.2, 0.25) is 5.91 Å². The van der Waals surface area contributed by atoms with Crippen LogP contribution in [0.1, 0.15) is 47.6 Å². The fraction of sp³-hybridized carbons (Fsp3) is 0.375. The summed E-state index contributed by atoms with van der Waals surface area (Å²) in [6.07, 6.45) is 5.75. The standard InChI is InChI=1S/C32H34FN7O2/c1-4-27(41)38-10-8-22(18-38)35-30-28-23(7-9-34-29(28)36-37-30)19-5-6-20(24(33)13-19)17-39-11-12-40-25(31(39)42)14-21-15-32(2,3)16-26(21)40/h4-7,9,13-14,22H,1,8,10-12,15-18H2,2-3H3,(H2,34,35,36,37)/t22-/m1/s1. The number of carbonyl (C=O) groups excluding carboxylic acids is 2. The van der Waals surface area contributed by atoms with Gasteiger partial charge in [-0.3, -0.25) is 14.7 Å². The van der Waals surface area contributed by atoms with Crippen LogP contribution >= 0.6 is 0 Å². The monoisotopic (exact) mass is 567 g/mol. The molecule has 7 rings (SSSR count). The summed E-state index contributed by atoms with van der Waals surface area (Å²) in [4.78, 5) is 33.3. The fourth-order valence-electron chi connectivity index (χ4n) is 6.85.